The van der Waals surface area contributed by atoms with Gasteiger partial charge in [-0.2, -0.15) is 0 Å². The number of ether oxygens (including phenoxy) is 4. The zero-order valence-corrected chi connectivity index (χ0v) is 16.0. The molecule has 3 N–H and O–H groups in total. The molecule has 2 heterocycles. The van der Waals surface area contributed by atoms with Gasteiger partial charge >= 0.3 is 6.03 Å². The predicted octanol–water partition coefficient (Wildman–Crippen LogP) is 2.64. The smallest absolute Gasteiger partial charge is 0.325 e. The van der Waals surface area contributed by atoms with E-state index >= 15 is 0 Å². The van der Waals surface area contributed by atoms with E-state index in [-0.39, 0.29) is 6.54 Å². The number of rotatable bonds is 4. The van der Waals surface area contributed by atoms with Gasteiger partial charge in [0.1, 0.15) is 26.4 Å². The van der Waals surface area contributed by atoms with E-state index in [0.717, 1.165) is 0 Å². The van der Waals surface area contributed by atoms with Gasteiger partial charge in [0.05, 0.1) is 17.3 Å². The largest absolute Gasteiger partial charge is 0.486 e. The number of hydrogen-bond acceptors (Lipinski definition) is 7. The molecule has 0 atom stereocenters. The van der Waals surface area contributed by atoms with E-state index in [4.69, 9.17) is 30.5 Å². The Morgan fingerprint density at radius 2 is 1.48 bits per heavy atom. The Balaban J connectivity index is 1.30. The number of halogens is 1. The number of imide groups is 1. The van der Waals surface area contributed by atoms with Crippen molar-refractivity contribution in [3.05, 3.63) is 35.4 Å². The molecule has 0 unspecified atom stereocenters. The lowest BCUT2D eigenvalue weighted by atomic mass is 10.2. The highest BCUT2D eigenvalue weighted by molar-refractivity contribution is 6.33. The molecule has 0 saturated carbocycles. The van der Waals surface area contributed by atoms with Crippen molar-refractivity contribution in [2.24, 2.45) is 0 Å². The number of nitrogens with one attached hydrogen (secondary N) is 3. The van der Waals surface area contributed by atoms with Crippen molar-refractivity contribution >= 4 is 34.9 Å². The van der Waals surface area contributed by atoms with Crippen LogP contribution in [0.5, 0.6) is 23.0 Å². The van der Waals surface area contributed by atoms with Crippen molar-refractivity contribution < 1.29 is 28.5 Å². The normalized spacial score (nSPS) is 14.0. The molecule has 2 aliphatic heterocycles. The van der Waals surface area contributed by atoms with Gasteiger partial charge < -0.3 is 29.6 Å². The van der Waals surface area contributed by atoms with E-state index in [1.165, 1.54) is 0 Å². The Bertz CT molecular complexity index is 952. The number of hydrogen-bond donors (Lipinski definition) is 3. The summed E-state index contributed by atoms with van der Waals surface area (Å²) in [5.74, 6) is 1.70. The summed E-state index contributed by atoms with van der Waals surface area (Å²) in [5.41, 5.74) is 0.973. The van der Waals surface area contributed by atoms with Crippen molar-refractivity contribution in [3.8, 4) is 23.0 Å². The molecular weight excluding hydrogens is 402 g/mol. The SMILES string of the molecule is O=C(CNc1cc2c(cc1Cl)OCCO2)NC(=O)Nc1ccc2c(c1)OCCO2. The first-order valence-electron chi connectivity index (χ1n) is 8.92. The Kier molecular flexibility index (Phi) is 5.48. The van der Waals surface area contributed by atoms with Crippen LogP contribution in [0.3, 0.4) is 0 Å². The quantitative estimate of drug-likeness (QED) is 0.699. The lowest BCUT2D eigenvalue weighted by Gasteiger charge is -2.20. The Hall–Kier alpha value is -3.33. The fourth-order valence-corrected chi connectivity index (χ4v) is 3.05. The second kappa shape index (κ2) is 8.36. The van der Waals surface area contributed by atoms with Crippen LogP contribution < -0.4 is 34.9 Å². The molecule has 2 aromatic carbocycles. The summed E-state index contributed by atoms with van der Waals surface area (Å²) >= 11 is 6.18. The second-order valence-corrected chi connectivity index (χ2v) is 6.60. The number of carbonyl (C=O) groups excluding carboxylic acids is 2. The number of fused-ring (bicyclic) bond motifs is 2. The Labute approximate surface area is 171 Å². The third-order valence-electron chi connectivity index (χ3n) is 4.12. The van der Waals surface area contributed by atoms with Gasteiger partial charge in [0.15, 0.2) is 23.0 Å². The summed E-state index contributed by atoms with van der Waals surface area (Å²) in [6, 6.07) is 7.58. The first kappa shape index (κ1) is 19.0. The van der Waals surface area contributed by atoms with Gasteiger partial charge in [0.25, 0.3) is 0 Å². The number of anilines is 2. The second-order valence-electron chi connectivity index (χ2n) is 6.19. The van der Waals surface area contributed by atoms with Gasteiger partial charge in [-0.3, -0.25) is 10.1 Å². The molecule has 9 nitrogen and oxygen atoms in total. The van der Waals surface area contributed by atoms with Crippen molar-refractivity contribution in [2.75, 3.05) is 43.6 Å². The molecule has 0 saturated heterocycles. The standard InChI is InChI=1S/C19H18ClN3O6/c20-12-8-16-17(29-6-5-28-16)9-13(12)21-10-18(24)23-19(25)22-11-1-2-14-15(7-11)27-4-3-26-14/h1-2,7-9,21H,3-6,10H2,(H2,22,23,24,25). The summed E-state index contributed by atoms with van der Waals surface area (Å²) in [4.78, 5) is 24.1. The minimum absolute atomic E-state index is 0.159. The minimum Gasteiger partial charge on any atom is -0.486 e. The molecule has 29 heavy (non-hydrogen) atoms. The minimum atomic E-state index is -0.665. The van der Waals surface area contributed by atoms with Crippen molar-refractivity contribution in [2.45, 2.75) is 0 Å². The van der Waals surface area contributed by atoms with Crippen molar-refractivity contribution in [1.82, 2.24) is 5.32 Å². The molecule has 0 radical (unpaired) electrons. The van der Waals surface area contributed by atoms with Crippen LogP contribution in [0.4, 0.5) is 16.2 Å². The highest BCUT2D eigenvalue weighted by Crippen LogP contribution is 2.37. The van der Waals surface area contributed by atoms with Gasteiger partial charge in [-0.1, -0.05) is 11.6 Å². The number of benzene rings is 2. The number of urea groups is 1. The van der Waals surface area contributed by atoms with Gasteiger partial charge in [0.2, 0.25) is 5.91 Å². The summed E-state index contributed by atoms with van der Waals surface area (Å²) in [6.07, 6.45) is 0. The molecule has 0 aliphatic carbocycles. The highest BCUT2D eigenvalue weighted by atomic mass is 35.5. The number of carbonyl (C=O) groups is 2. The average molecular weight is 420 g/mol. The topological polar surface area (TPSA) is 107 Å². The molecule has 10 heteroatoms. The molecule has 0 bridgehead atoms. The van der Waals surface area contributed by atoms with Gasteiger partial charge in [0, 0.05) is 23.9 Å². The van der Waals surface area contributed by atoms with E-state index in [2.05, 4.69) is 16.0 Å². The maximum Gasteiger partial charge on any atom is 0.325 e. The fraction of sp³-hybridized carbons (Fsp3) is 0.263. The van der Waals surface area contributed by atoms with Crippen LogP contribution in [0.1, 0.15) is 0 Å². The zero-order chi connectivity index (χ0) is 20.2. The van der Waals surface area contributed by atoms with E-state index in [1.807, 2.05) is 0 Å². The molecular formula is C19H18ClN3O6. The molecule has 152 valence electrons. The molecule has 0 fully saturated rings. The van der Waals surface area contributed by atoms with Crippen LogP contribution in [0.2, 0.25) is 5.02 Å². The lowest BCUT2D eigenvalue weighted by molar-refractivity contribution is -0.118. The third-order valence-corrected chi connectivity index (χ3v) is 4.44. The maximum atomic E-state index is 12.1. The molecule has 0 spiro atoms. The summed E-state index contributed by atoms with van der Waals surface area (Å²) < 4.78 is 21.8. The summed E-state index contributed by atoms with van der Waals surface area (Å²) in [6.45, 7) is 1.66. The van der Waals surface area contributed by atoms with Crippen LogP contribution in [0, 0.1) is 0 Å². The van der Waals surface area contributed by atoms with Gasteiger partial charge in [-0.15, -0.1) is 0 Å². The van der Waals surface area contributed by atoms with E-state index in [0.29, 0.717) is 65.8 Å². The lowest BCUT2D eigenvalue weighted by Crippen LogP contribution is -2.38. The summed E-state index contributed by atoms with van der Waals surface area (Å²) in [7, 11) is 0. The van der Waals surface area contributed by atoms with Crippen LogP contribution >= 0.6 is 11.6 Å². The van der Waals surface area contributed by atoms with Crippen molar-refractivity contribution in [3.63, 3.8) is 0 Å². The molecule has 4 rings (SSSR count). The first-order chi connectivity index (χ1) is 14.1. The molecule has 3 amide bonds. The van der Waals surface area contributed by atoms with Crippen LogP contribution in [0.25, 0.3) is 0 Å². The van der Waals surface area contributed by atoms with Crippen LogP contribution in [-0.2, 0) is 4.79 Å². The zero-order valence-electron chi connectivity index (χ0n) is 15.2. The Morgan fingerprint density at radius 3 is 2.21 bits per heavy atom. The van der Waals surface area contributed by atoms with E-state index in [1.54, 1.807) is 30.3 Å². The van der Waals surface area contributed by atoms with Gasteiger partial charge in [-0.05, 0) is 12.1 Å². The van der Waals surface area contributed by atoms with Crippen LogP contribution in [0.15, 0.2) is 30.3 Å². The average Bonchev–Trinajstić information content (AvgIpc) is 2.72. The first-order valence-corrected chi connectivity index (χ1v) is 9.30. The summed E-state index contributed by atoms with van der Waals surface area (Å²) in [5, 5.41) is 8.07. The monoisotopic (exact) mass is 419 g/mol. The molecule has 2 aliphatic rings. The Morgan fingerprint density at radius 1 is 0.862 bits per heavy atom. The van der Waals surface area contributed by atoms with E-state index in [9.17, 15) is 9.59 Å². The van der Waals surface area contributed by atoms with Gasteiger partial charge in [-0.25, -0.2) is 4.79 Å². The number of amides is 3. The van der Waals surface area contributed by atoms with E-state index < -0.39 is 11.9 Å². The third kappa shape index (κ3) is 4.57. The highest BCUT2D eigenvalue weighted by Gasteiger charge is 2.17. The fourth-order valence-electron chi connectivity index (χ4n) is 2.83. The predicted molar refractivity (Wildman–Crippen MR) is 106 cm³/mol. The maximum absolute atomic E-state index is 12.1. The molecule has 2 aromatic rings. The van der Waals surface area contributed by atoms with Crippen molar-refractivity contribution in [1.29, 1.82) is 0 Å². The molecule has 0 aromatic heterocycles. The van der Waals surface area contributed by atoms with Crippen LogP contribution in [-0.4, -0.2) is 44.9 Å².